The largest absolute Gasteiger partial charge is 0.534 e. The number of ether oxygens (including phenoxy) is 1. The summed E-state index contributed by atoms with van der Waals surface area (Å²) in [4.78, 5) is 29.5. The Morgan fingerprint density at radius 2 is 1.88 bits per heavy atom. The van der Waals surface area contributed by atoms with Crippen LogP contribution in [0.5, 0.6) is 5.75 Å². The highest BCUT2D eigenvalue weighted by Crippen LogP contribution is 2.49. The number of hydrogen-bond donors (Lipinski definition) is 0. The van der Waals surface area contributed by atoms with Gasteiger partial charge in [0.15, 0.2) is 0 Å². The lowest BCUT2D eigenvalue weighted by atomic mass is 9.74. The standard InChI is InChI=1S/C22H27F3N2O6S/c1-26(12-13-27-10-2-3-11-27)19(28)15-6-8-21(9-7-15)18-5-4-16(14-17(18)20(29)32-21)33-34(30,31)22(23,24)25/h4-5,14-15H,2-3,6-13H2,1H3/t15-,21-. The topological polar surface area (TPSA) is 93.2 Å². The van der Waals surface area contributed by atoms with Crippen LogP contribution < -0.4 is 4.18 Å². The first kappa shape index (κ1) is 24.8. The first-order valence-electron chi connectivity index (χ1n) is 11.3. The van der Waals surface area contributed by atoms with E-state index < -0.39 is 32.9 Å². The van der Waals surface area contributed by atoms with Gasteiger partial charge in [-0.25, -0.2) is 4.79 Å². The third-order valence-corrected chi connectivity index (χ3v) is 7.93. The van der Waals surface area contributed by atoms with Crippen molar-refractivity contribution < 1.29 is 40.1 Å². The molecule has 0 atom stereocenters. The first-order chi connectivity index (χ1) is 15.9. The Bertz CT molecular complexity index is 1060. The van der Waals surface area contributed by atoms with Crippen LogP contribution in [0.15, 0.2) is 18.2 Å². The second-order valence-corrected chi connectivity index (χ2v) is 10.7. The minimum atomic E-state index is -5.85. The van der Waals surface area contributed by atoms with Crippen LogP contribution in [-0.2, 0) is 25.3 Å². The maximum Gasteiger partial charge on any atom is 0.534 e. The van der Waals surface area contributed by atoms with Crippen molar-refractivity contribution in [2.75, 3.05) is 33.2 Å². The highest BCUT2D eigenvalue weighted by molar-refractivity contribution is 7.88. The molecular formula is C22H27F3N2O6S. The molecular weight excluding hydrogens is 477 g/mol. The van der Waals surface area contributed by atoms with Crippen LogP contribution >= 0.6 is 0 Å². The molecule has 0 aromatic heterocycles. The number of likely N-dealkylation sites (N-methyl/N-ethyl adjacent to an activating group) is 1. The molecule has 4 rings (SSSR count). The summed E-state index contributed by atoms with van der Waals surface area (Å²) in [6, 6.07) is 3.40. The van der Waals surface area contributed by atoms with Gasteiger partial charge in [-0.15, -0.1) is 0 Å². The molecule has 188 valence electrons. The lowest BCUT2D eigenvalue weighted by Gasteiger charge is -2.37. The SMILES string of the molecule is CN(CCN1CCCC1)C(=O)[C@H]1CC[C@@]2(CC1)OC(=O)c1cc(OS(=O)(=O)C(F)(F)F)ccc12. The summed E-state index contributed by atoms with van der Waals surface area (Å²) in [7, 11) is -4.06. The van der Waals surface area contributed by atoms with Gasteiger partial charge in [0, 0.05) is 31.6 Å². The first-order valence-corrected chi connectivity index (χ1v) is 12.7. The summed E-state index contributed by atoms with van der Waals surface area (Å²) in [5.41, 5.74) is -6.11. The van der Waals surface area contributed by atoms with E-state index in [4.69, 9.17) is 4.74 Å². The van der Waals surface area contributed by atoms with Crippen LogP contribution in [-0.4, -0.2) is 68.8 Å². The van der Waals surface area contributed by atoms with Gasteiger partial charge in [0.2, 0.25) is 5.91 Å². The number of nitrogens with zero attached hydrogens (tertiary/aromatic N) is 2. The molecule has 0 radical (unpaired) electrons. The lowest BCUT2D eigenvalue weighted by molar-refractivity contribution is -0.137. The number of rotatable bonds is 6. The Morgan fingerprint density at radius 3 is 2.50 bits per heavy atom. The molecule has 0 N–H and O–H groups in total. The zero-order chi connectivity index (χ0) is 24.7. The van der Waals surface area contributed by atoms with Crippen LogP contribution in [0.25, 0.3) is 0 Å². The van der Waals surface area contributed by atoms with E-state index in [0.717, 1.165) is 31.8 Å². The Kier molecular flexibility index (Phi) is 6.58. The highest BCUT2D eigenvalue weighted by Gasteiger charge is 2.50. The van der Waals surface area contributed by atoms with Crippen molar-refractivity contribution >= 4 is 22.0 Å². The second kappa shape index (κ2) is 9.03. The number of carbonyl (C=O) groups excluding carboxylic acids is 2. The van der Waals surface area contributed by atoms with Crippen molar-refractivity contribution in [1.29, 1.82) is 0 Å². The van der Waals surface area contributed by atoms with E-state index in [9.17, 15) is 31.2 Å². The van der Waals surface area contributed by atoms with E-state index in [1.165, 1.54) is 18.9 Å². The third kappa shape index (κ3) is 4.74. The second-order valence-electron chi connectivity index (χ2n) is 9.16. The maximum atomic E-state index is 12.9. The van der Waals surface area contributed by atoms with Crippen LogP contribution in [0.2, 0.25) is 0 Å². The van der Waals surface area contributed by atoms with Crippen molar-refractivity contribution in [3.8, 4) is 5.75 Å². The molecule has 1 aromatic rings. The van der Waals surface area contributed by atoms with Crippen molar-refractivity contribution in [3.63, 3.8) is 0 Å². The van der Waals surface area contributed by atoms with Crippen molar-refractivity contribution in [2.24, 2.45) is 5.92 Å². The van der Waals surface area contributed by atoms with Gasteiger partial charge < -0.3 is 18.7 Å². The van der Waals surface area contributed by atoms with Gasteiger partial charge in [-0.2, -0.15) is 21.6 Å². The predicted octanol–water partition coefficient (Wildman–Crippen LogP) is 3.03. The Labute approximate surface area is 196 Å². The number of fused-ring (bicyclic) bond motifs is 2. The molecule has 1 saturated heterocycles. The zero-order valence-electron chi connectivity index (χ0n) is 18.8. The summed E-state index contributed by atoms with van der Waals surface area (Å²) in [5, 5.41) is 0. The van der Waals surface area contributed by atoms with Crippen molar-refractivity contribution in [2.45, 2.75) is 49.6 Å². The summed E-state index contributed by atoms with van der Waals surface area (Å²) in [6.45, 7) is 3.63. The molecule has 1 aromatic carbocycles. The summed E-state index contributed by atoms with van der Waals surface area (Å²) >= 11 is 0. The monoisotopic (exact) mass is 504 g/mol. The molecule has 2 heterocycles. The summed E-state index contributed by atoms with van der Waals surface area (Å²) in [5.74, 6) is -1.51. The molecule has 12 heteroatoms. The number of alkyl halides is 3. The Balaban J connectivity index is 1.40. The number of amides is 1. The van der Waals surface area contributed by atoms with Gasteiger partial charge in [-0.3, -0.25) is 4.79 Å². The van der Waals surface area contributed by atoms with Gasteiger partial charge in [0.05, 0.1) is 5.56 Å². The highest BCUT2D eigenvalue weighted by atomic mass is 32.2. The third-order valence-electron chi connectivity index (χ3n) is 6.95. The van der Waals surface area contributed by atoms with E-state index >= 15 is 0 Å². The molecule has 1 spiro atoms. The number of likely N-dealkylation sites (tertiary alicyclic amines) is 1. The Hall–Kier alpha value is -2.34. The predicted molar refractivity (Wildman–Crippen MR) is 114 cm³/mol. The molecule has 2 aliphatic heterocycles. The smallest absolute Gasteiger partial charge is 0.451 e. The molecule has 1 saturated carbocycles. The average Bonchev–Trinajstić information content (AvgIpc) is 3.38. The fourth-order valence-corrected chi connectivity index (χ4v) is 5.48. The van der Waals surface area contributed by atoms with Gasteiger partial charge >= 0.3 is 21.6 Å². The van der Waals surface area contributed by atoms with Gasteiger partial charge in [0.25, 0.3) is 0 Å². The molecule has 8 nitrogen and oxygen atoms in total. The number of esters is 1. The van der Waals surface area contributed by atoms with E-state index in [0.29, 0.717) is 37.8 Å². The minimum Gasteiger partial charge on any atom is -0.451 e. The quantitative estimate of drug-likeness (QED) is 0.334. The number of benzene rings is 1. The fourth-order valence-electron chi connectivity index (χ4n) is 5.02. The van der Waals surface area contributed by atoms with Crippen molar-refractivity contribution in [3.05, 3.63) is 29.3 Å². The van der Waals surface area contributed by atoms with Crippen LogP contribution in [0.4, 0.5) is 13.2 Å². The minimum absolute atomic E-state index is 0.0256. The van der Waals surface area contributed by atoms with Gasteiger partial charge in [0.1, 0.15) is 11.4 Å². The van der Waals surface area contributed by atoms with E-state index in [1.807, 2.05) is 0 Å². The van der Waals surface area contributed by atoms with Gasteiger partial charge in [-0.1, -0.05) is 6.07 Å². The lowest BCUT2D eigenvalue weighted by Crippen LogP contribution is -2.41. The van der Waals surface area contributed by atoms with Crippen LogP contribution in [0.3, 0.4) is 0 Å². The Morgan fingerprint density at radius 1 is 1.24 bits per heavy atom. The maximum absolute atomic E-state index is 12.9. The molecule has 2 fully saturated rings. The van der Waals surface area contributed by atoms with E-state index in [1.54, 1.807) is 11.9 Å². The van der Waals surface area contributed by atoms with Gasteiger partial charge in [-0.05, 0) is 63.7 Å². The molecule has 1 aliphatic carbocycles. The number of halogens is 3. The fraction of sp³-hybridized carbons (Fsp3) is 0.636. The molecule has 0 unspecified atom stereocenters. The summed E-state index contributed by atoms with van der Waals surface area (Å²) in [6.07, 6.45) is 4.16. The number of carbonyl (C=O) groups is 2. The van der Waals surface area contributed by atoms with E-state index in [-0.39, 0.29) is 17.4 Å². The number of hydrogen-bond acceptors (Lipinski definition) is 7. The molecule has 0 bridgehead atoms. The molecule has 1 amide bonds. The molecule has 3 aliphatic rings. The molecule has 34 heavy (non-hydrogen) atoms. The summed E-state index contributed by atoms with van der Waals surface area (Å²) < 4.78 is 70.1. The normalized spacial score (nSPS) is 25.3. The zero-order valence-corrected chi connectivity index (χ0v) is 19.6. The van der Waals surface area contributed by atoms with Crippen LogP contribution in [0.1, 0.15) is 54.4 Å². The van der Waals surface area contributed by atoms with Crippen molar-refractivity contribution in [1.82, 2.24) is 9.80 Å². The average molecular weight is 505 g/mol. The van der Waals surface area contributed by atoms with E-state index in [2.05, 4.69) is 9.08 Å². The van der Waals surface area contributed by atoms with Crippen LogP contribution in [0, 0.1) is 5.92 Å².